The van der Waals surface area contributed by atoms with E-state index in [4.69, 9.17) is 15.3 Å². The van der Waals surface area contributed by atoms with Crippen molar-refractivity contribution in [1.82, 2.24) is 0 Å². The summed E-state index contributed by atoms with van der Waals surface area (Å²) >= 11 is 0. The fourth-order valence-electron chi connectivity index (χ4n) is 1.12. The molecule has 0 amide bonds. The molecule has 1 aromatic heterocycles. The van der Waals surface area contributed by atoms with E-state index in [2.05, 4.69) is 0 Å². The highest BCUT2D eigenvalue weighted by molar-refractivity contribution is 5.23. The molecule has 3 nitrogen and oxygen atoms in total. The van der Waals surface area contributed by atoms with Gasteiger partial charge in [-0.25, -0.2) is 0 Å². The maximum Gasteiger partial charge on any atom is 0.105 e. The van der Waals surface area contributed by atoms with E-state index in [-0.39, 0.29) is 12.6 Å². The Balaban J connectivity index is 2.93. The molecule has 3 heteroatoms. The summed E-state index contributed by atoms with van der Waals surface area (Å²) in [7, 11) is 0. The van der Waals surface area contributed by atoms with Gasteiger partial charge in [0.25, 0.3) is 0 Å². The standard InChI is InChI=1S/C8H13NO2/c1-5-3-7(6(2)11-5)8(9)4-10/h3,8,10H,4,9H2,1-2H3. The molecule has 0 aromatic carbocycles. The van der Waals surface area contributed by atoms with Crippen molar-refractivity contribution in [1.29, 1.82) is 0 Å². The van der Waals surface area contributed by atoms with Crippen molar-refractivity contribution >= 4 is 0 Å². The van der Waals surface area contributed by atoms with Gasteiger partial charge in [-0.2, -0.15) is 0 Å². The van der Waals surface area contributed by atoms with Crippen molar-refractivity contribution in [2.45, 2.75) is 19.9 Å². The SMILES string of the molecule is Cc1cc(C(N)CO)c(C)o1. The van der Waals surface area contributed by atoms with E-state index in [1.807, 2.05) is 19.9 Å². The Labute approximate surface area is 65.8 Å². The molecule has 1 atom stereocenters. The van der Waals surface area contributed by atoms with Gasteiger partial charge in [-0.05, 0) is 19.9 Å². The molecule has 0 bridgehead atoms. The van der Waals surface area contributed by atoms with Crippen LogP contribution in [0.15, 0.2) is 10.5 Å². The fraction of sp³-hybridized carbons (Fsp3) is 0.500. The monoisotopic (exact) mass is 155 g/mol. The molecule has 0 saturated carbocycles. The van der Waals surface area contributed by atoms with Gasteiger partial charge in [-0.1, -0.05) is 0 Å². The van der Waals surface area contributed by atoms with E-state index in [9.17, 15) is 0 Å². The van der Waals surface area contributed by atoms with Gasteiger partial charge in [-0.3, -0.25) is 0 Å². The van der Waals surface area contributed by atoms with E-state index in [1.165, 1.54) is 0 Å². The lowest BCUT2D eigenvalue weighted by molar-refractivity contribution is 0.266. The molecule has 1 heterocycles. The van der Waals surface area contributed by atoms with E-state index < -0.39 is 0 Å². The largest absolute Gasteiger partial charge is 0.466 e. The highest BCUT2D eigenvalue weighted by atomic mass is 16.3. The highest BCUT2D eigenvalue weighted by Crippen LogP contribution is 2.18. The molecule has 0 aliphatic rings. The van der Waals surface area contributed by atoms with Gasteiger partial charge < -0.3 is 15.3 Å². The van der Waals surface area contributed by atoms with E-state index in [0.717, 1.165) is 17.1 Å². The molecule has 1 rings (SSSR count). The predicted octanol–water partition coefficient (Wildman–Crippen LogP) is 0.889. The summed E-state index contributed by atoms with van der Waals surface area (Å²) in [5.74, 6) is 1.63. The minimum atomic E-state index is -0.313. The number of aryl methyl sites for hydroxylation is 2. The number of rotatable bonds is 2. The van der Waals surface area contributed by atoms with E-state index in [1.54, 1.807) is 0 Å². The number of furan rings is 1. The number of aliphatic hydroxyl groups is 1. The molecule has 62 valence electrons. The van der Waals surface area contributed by atoms with Crippen molar-refractivity contribution in [3.8, 4) is 0 Å². The first-order chi connectivity index (χ1) is 5.15. The first-order valence-electron chi connectivity index (χ1n) is 3.58. The highest BCUT2D eigenvalue weighted by Gasteiger charge is 2.11. The molecule has 0 fully saturated rings. The zero-order valence-electron chi connectivity index (χ0n) is 6.79. The summed E-state index contributed by atoms with van der Waals surface area (Å²) in [6.45, 7) is 3.66. The summed E-state index contributed by atoms with van der Waals surface area (Å²) in [6.07, 6.45) is 0. The number of hydrogen-bond donors (Lipinski definition) is 2. The van der Waals surface area contributed by atoms with Crippen LogP contribution in [0.5, 0.6) is 0 Å². The Hall–Kier alpha value is -0.800. The third-order valence-electron chi connectivity index (χ3n) is 1.68. The predicted molar refractivity (Wildman–Crippen MR) is 42.2 cm³/mol. The van der Waals surface area contributed by atoms with Gasteiger partial charge in [0.05, 0.1) is 12.6 Å². The van der Waals surface area contributed by atoms with Gasteiger partial charge in [-0.15, -0.1) is 0 Å². The molecule has 0 radical (unpaired) electrons. The van der Waals surface area contributed by atoms with Crippen molar-refractivity contribution < 1.29 is 9.52 Å². The van der Waals surface area contributed by atoms with Gasteiger partial charge in [0.15, 0.2) is 0 Å². The van der Waals surface area contributed by atoms with E-state index >= 15 is 0 Å². The zero-order chi connectivity index (χ0) is 8.43. The van der Waals surface area contributed by atoms with E-state index in [0.29, 0.717) is 0 Å². The minimum Gasteiger partial charge on any atom is -0.466 e. The Kier molecular flexibility index (Phi) is 2.31. The summed E-state index contributed by atoms with van der Waals surface area (Å²) in [5, 5.41) is 8.76. The molecule has 11 heavy (non-hydrogen) atoms. The Morgan fingerprint density at radius 3 is 2.64 bits per heavy atom. The van der Waals surface area contributed by atoms with Gasteiger partial charge in [0, 0.05) is 5.56 Å². The molecular formula is C8H13NO2. The second-order valence-electron chi connectivity index (χ2n) is 2.66. The zero-order valence-corrected chi connectivity index (χ0v) is 6.79. The summed E-state index contributed by atoms with van der Waals surface area (Å²) in [5.41, 5.74) is 6.49. The average molecular weight is 155 g/mol. The molecule has 3 N–H and O–H groups in total. The maximum atomic E-state index is 8.76. The molecule has 0 aliphatic heterocycles. The van der Waals surface area contributed by atoms with Crippen molar-refractivity contribution in [3.63, 3.8) is 0 Å². The second-order valence-corrected chi connectivity index (χ2v) is 2.66. The number of hydrogen-bond acceptors (Lipinski definition) is 3. The summed E-state index contributed by atoms with van der Waals surface area (Å²) in [4.78, 5) is 0. The first-order valence-corrected chi connectivity index (χ1v) is 3.58. The third kappa shape index (κ3) is 1.61. The lowest BCUT2D eigenvalue weighted by Crippen LogP contribution is -2.14. The van der Waals surface area contributed by atoms with Crippen LogP contribution in [-0.4, -0.2) is 11.7 Å². The number of nitrogens with two attached hydrogens (primary N) is 1. The molecule has 1 aromatic rings. The molecular weight excluding hydrogens is 142 g/mol. The van der Waals surface area contributed by atoms with Crippen molar-refractivity contribution in [2.75, 3.05) is 6.61 Å². The molecule has 0 saturated heterocycles. The number of aliphatic hydroxyl groups excluding tert-OH is 1. The van der Waals surface area contributed by atoms with Gasteiger partial charge >= 0.3 is 0 Å². The lowest BCUT2D eigenvalue weighted by atomic mass is 10.1. The Morgan fingerprint density at radius 1 is 1.64 bits per heavy atom. The fourth-order valence-corrected chi connectivity index (χ4v) is 1.12. The third-order valence-corrected chi connectivity index (χ3v) is 1.68. The smallest absolute Gasteiger partial charge is 0.105 e. The van der Waals surface area contributed by atoms with Gasteiger partial charge in [0.2, 0.25) is 0 Å². The normalized spacial score (nSPS) is 13.5. The lowest BCUT2D eigenvalue weighted by Gasteiger charge is -2.04. The van der Waals surface area contributed by atoms with Crippen LogP contribution in [0.1, 0.15) is 23.1 Å². The molecule has 0 spiro atoms. The van der Waals surface area contributed by atoms with Crippen LogP contribution >= 0.6 is 0 Å². The van der Waals surface area contributed by atoms with Crippen LogP contribution in [0, 0.1) is 13.8 Å². The Bertz CT molecular complexity index is 242. The van der Waals surface area contributed by atoms with Crippen LogP contribution in [0.25, 0.3) is 0 Å². The topological polar surface area (TPSA) is 59.4 Å². The first kappa shape index (κ1) is 8.30. The van der Waals surface area contributed by atoms with Crippen LogP contribution < -0.4 is 5.73 Å². The summed E-state index contributed by atoms with van der Waals surface area (Å²) < 4.78 is 5.25. The Morgan fingerprint density at radius 2 is 2.27 bits per heavy atom. The molecule has 0 aliphatic carbocycles. The summed E-state index contributed by atoms with van der Waals surface area (Å²) in [6, 6.07) is 1.54. The van der Waals surface area contributed by atoms with Crippen LogP contribution in [0.4, 0.5) is 0 Å². The van der Waals surface area contributed by atoms with Crippen molar-refractivity contribution in [2.24, 2.45) is 5.73 Å². The quantitative estimate of drug-likeness (QED) is 0.666. The van der Waals surface area contributed by atoms with Crippen LogP contribution in [0.2, 0.25) is 0 Å². The minimum absolute atomic E-state index is 0.0419. The molecule has 1 unspecified atom stereocenters. The maximum absolute atomic E-state index is 8.76. The van der Waals surface area contributed by atoms with Crippen LogP contribution in [-0.2, 0) is 0 Å². The second kappa shape index (κ2) is 3.07. The van der Waals surface area contributed by atoms with Crippen molar-refractivity contribution in [3.05, 3.63) is 23.2 Å². The average Bonchev–Trinajstić information content (AvgIpc) is 2.28. The van der Waals surface area contributed by atoms with Gasteiger partial charge in [0.1, 0.15) is 11.5 Å². The van der Waals surface area contributed by atoms with Crippen LogP contribution in [0.3, 0.4) is 0 Å².